The number of hydrogen-bond donors (Lipinski definition) is 1. The smallest absolute Gasteiger partial charge is 0.224 e. The van der Waals surface area contributed by atoms with E-state index in [9.17, 15) is 4.79 Å². The van der Waals surface area contributed by atoms with Crippen molar-refractivity contribution in [1.82, 2.24) is 15.2 Å². The molecular formula is C18H29N3O2S. The third-order valence-electron chi connectivity index (χ3n) is 5.17. The first-order valence-corrected chi connectivity index (χ1v) is 10.0. The van der Waals surface area contributed by atoms with Crippen molar-refractivity contribution < 1.29 is 9.53 Å². The largest absolute Gasteiger partial charge is 0.381 e. The Kier molecular flexibility index (Phi) is 6.25. The van der Waals surface area contributed by atoms with Gasteiger partial charge in [-0.2, -0.15) is 0 Å². The number of ether oxygens (including phenoxy) is 1. The van der Waals surface area contributed by atoms with Gasteiger partial charge in [-0.3, -0.25) is 9.69 Å². The highest BCUT2D eigenvalue weighted by atomic mass is 32.1. The number of rotatable bonds is 5. The van der Waals surface area contributed by atoms with Crippen LogP contribution in [0.2, 0.25) is 0 Å². The van der Waals surface area contributed by atoms with Gasteiger partial charge in [-0.15, -0.1) is 11.3 Å². The minimum Gasteiger partial charge on any atom is -0.381 e. The summed E-state index contributed by atoms with van der Waals surface area (Å²) in [6.07, 6.45) is 5.27. The van der Waals surface area contributed by atoms with Gasteiger partial charge in [0.05, 0.1) is 23.2 Å². The number of hydrogen-bond acceptors (Lipinski definition) is 5. The lowest BCUT2D eigenvalue weighted by Crippen LogP contribution is -2.48. The Morgan fingerprint density at radius 2 is 2.17 bits per heavy atom. The third-order valence-corrected chi connectivity index (χ3v) is 6.19. The van der Waals surface area contributed by atoms with E-state index < -0.39 is 0 Å². The Balaban J connectivity index is 1.52. The lowest BCUT2D eigenvalue weighted by atomic mass is 9.94. The minimum atomic E-state index is 0.126. The second kappa shape index (κ2) is 8.41. The van der Waals surface area contributed by atoms with Crippen molar-refractivity contribution in [2.24, 2.45) is 5.92 Å². The predicted molar refractivity (Wildman–Crippen MR) is 96.2 cm³/mol. The van der Waals surface area contributed by atoms with E-state index in [1.165, 1.54) is 4.88 Å². The minimum absolute atomic E-state index is 0.126. The SMILES string of the molecule is CCc1nc(C)sc1CNC(=O)[C@H]1CCCN(C2CCOCC2)C1. The summed E-state index contributed by atoms with van der Waals surface area (Å²) in [5.74, 6) is 0.334. The molecule has 0 aliphatic carbocycles. The third kappa shape index (κ3) is 4.35. The Morgan fingerprint density at radius 3 is 2.92 bits per heavy atom. The number of nitrogens with zero attached hydrogens (tertiary/aromatic N) is 2. The molecule has 1 aromatic heterocycles. The van der Waals surface area contributed by atoms with Crippen LogP contribution in [0.5, 0.6) is 0 Å². The molecule has 0 aromatic carbocycles. The Labute approximate surface area is 148 Å². The zero-order valence-electron chi connectivity index (χ0n) is 14.8. The first kappa shape index (κ1) is 17.8. The fourth-order valence-electron chi connectivity index (χ4n) is 3.84. The molecule has 24 heavy (non-hydrogen) atoms. The zero-order chi connectivity index (χ0) is 16.9. The summed E-state index contributed by atoms with van der Waals surface area (Å²) in [4.78, 5) is 20.9. The molecular weight excluding hydrogens is 322 g/mol. The molecule has 1 aromatic rings. The molecule has 0 radical (unpaired) electrons. The van der Waals surface area contributed by atoms with Crippen molar-refractivity contribution in [3.05, 3.63) is 15.6 Å². The Bertz CT molecular complexity index is 554. The number of carbonyl (C=O) groups is 1. The monoisotopic (exact) mass is 351 g/mol. The van der Waals surface area contributed by atoms with Gasteiger partial charge in [0.15, 0.2) is 0 Å². The van der Waals surface area contributed by atoms with Crippen molar-refractivity contribution in [1.29, 1.82) is 0 Å². The molecule has 3 rings (SSSR count). The number of nitrogens with one attached hydrogen (secondary N) is 1. The summed E-state index contributed by atoms with van der Waals surface area (Å²) in [6, 6.07) is 0.602. The summed E-state index contributed by atoms with van der Waals surface area (Å²) in [5, 5.41) is 4.24. The molecule has 3 heterocycles. The van der Waals surface area contributed by atoms with E-state index in [1.807, 2.05) is 6.92 Å². The quantitative estimate of drug-likeness (QED) is 0.886. The van der Waals surface area contributed by atoms with Crippen molar-refractivity contribution in [3.8, 4) is 0 Å². The van der Waals surface area contributed by atoms with Crippen LogP contribution in [-0.4, -0.2) is 48.1 Å². The second-order valence-electron chi connectivity index (χ2n) is 6.85. The summed E-state index contributed by atoms with van der Waals surface area (Å²) >= 11 is 1.70. The van der Waals surface area contributed by atoms with Crippen LogP contribution in [0.3, 0.4) is 0 Å². The van der Waals surface area contributed by atoms with Crippen LogP contribution in [0, 0.1) is 12.8 Å². The van der Waals surface area contributed by atoms with E-state index in [-0.39, 0.29) is 11.8 Å². The standard InChI is InChI=1S/C18H29N3O2S/c1-3-16-17(24-13(2)20-16)11-19-18(22)14-5-4-8-21(12-14)15-6-9-23-10-7-15/h14-15H,3-12H2,1-2H3,(H,19,22)/t14-/m0/s1. The molecule has 0 saturated carbocycles. The summed E-state index contributed by atoms with van der Waals surface area (Å²) in [6.45, 7) is 8.53. The highest BCUT2D eigenvalue weighted by molar-refractivity contribution is 7.11. The van der Waals surface area contributed by atoms with Crippen LogP contribution in [0.15, 0.2) is 0 Å². The summed E-state index contributed by atoms with van der Waals surface area (Å²) < 4.78 is 5.47. The fourth-order valence-corrected chi connectivity index (χ4v) is 4.81. The average Bonchev–Trinajstić information content (AvgIpc) is 3.00. The number of likely N-dealkylation sites (tertiary alicyclic amines) is 1. The fraction of sp³-hybridized carbons (Fsp3) is 0.778. The molecule has 0 bridgehead atoms. The van der Waals surface area contributed by atoms with E-state index in [4.69, 9.17) is 4.74 Å². The highest BCUT2D eigenvalue weighted by Crippen LogP contribution is 2.24. The van der Waals surface area contributed by atoms with Crippen LogP contribution in [0.25, 0.3) is 0 Å². The van der Waals surface area contributed by atoms with Gasteiger partial charge in [-0.05, 0) is 45.6 Å². The molecule has 2 fully saturated rings. The number of thiazole rings is 1. The van der Waals surface area contributed by atoms with Crippen LogP contribution in [-0.2, 0) is 22.5 Å². The van der Waals surface area contributed by atoms with Gasteiger partial charge in [0, 0.05) is 30.7 Å². The van der Waals surface area contributed by atoms with Gasteiger partial charge in [-0.1, -0.05) is 6.92 Å². The maximum atomic E-state index is 12.6. The summed E-state index contributed by atoms with van der Waals surface area (Å²) in [5.41, 5.74) is 1.13. The first-order chi connectivity index (χ1) is 11.7. The van der Waals surface area contributed by atoms with Crippen LogP contribution in [0.1, 0.15) is 48.2 Å². The normalized spacial score (nSPS) is 23.3. The van der Waals surface area contributed by atoms with Crippen LogP contribution < -0.4 is 5.32 Å². The van der Waals surface area contributed by atoms with E-state index >= 15 is 0 Å². The number of aromatic nitrogens is 1. The molecule has 2 aliphatic heterocycles. The van der Waals surface area contributed by atoms with Crippen LogP contribution in [0.4, 0.5) is 0 Å². The second-order valence-corrected chi connectivity index (χ2v) is 8.14. The number of aryl methyl sites for hydroxylation is 2. The zero-order valence-corrected chi connectivity index (χ0v) is 15.7. The van der Waals surface area contributed by atoms with Gasteiger partial charge in [0.1, 0.15) is 0 Å². The number of piperidine rings is 1. The number of carbonyl (C=O) groups excluding carboxylic acids is 1. The lowest BCUT2D eigenvalue weighted by molar-refractivity contribution is -0.127. The highest BCUT2D eigenvalue weighted by Gasteiger charge is 2.30. The average molecular weight is 352 g/mol. The van der Waals surface area contributed by atoms with E-state index in [0.717, 1.165) is 69.1 Å². The van der Waals surface area contributed by atoms with Gasteiger partial charge >= 0.3 is 0 Å². The van der Waals surface area contributed by atoms with Crippen molar-refractivity contribution in [2.75, 3.05) is 26.3 Å². The Morgan fingerprint density at radius 1 is 1.38 bits per heavy atom. The van der Waals surface area contributed by atoms with E-state index in [1.54, 1.807) is 11.3 Å². The Hall–Kier alpha value is -0.980. The molecule has 0 unspecified atom stereocenters. The summed E-state index contributed by atoms with van der Waals surface area (Å²) in [7, 11) is 0. The lowest BCUT2D eigenvalue weighted by Gasteiger charge is -2.39. The molecule has 6 heteroatoms. The first-order valence-electron chi connectivity index (χ1n) is 9.22. The predicted octanol–water partition coefficient (Wildman–Crippen LogP) is 2.52. The maximum absolute atomic E-state index is 12.6. The maximum Gasteiger partial charge on any atom is 0.224 e. The number of amides is 1. The van der Waals surface area contributed by atoms with Gasteiger partial charge < -0.3 is 10.1 Å². The van der Waals surface area contributed by atoms with Gasteiger partial charge in [0.2, 0.25) is 5.91 Å². The molecule has 5 nitrogen and oxygen atoms in total. The van der Waals surface area contributed by atoms with E-state index in [0.29, 0.717) is 12.6 Å². The molecule has 1 atom stereocenters. The topological polar surface area (TPSA) is 54.5 Å². The van der Waals surface area contributed by atoms with Crippen LogP contribution >= 0.6 is 11.3 Å². The van der Waals surface area contributed by atoms with Gasteiger partial charge in [0.25, 0.3) is 0 Å². The van der Waals surface area contributed by atoms with Gasteiger partial charge in [-0.25, -0.2) is 4.98 Å². The molecule has 2 aliphatic rings. The van der Waals surface area contributed by atoms with Crippen molar-refractivity contribution in [3.63, 3.8) is 0 Å². The molecule has 1 amide bonds. The molecule has 0 spiro atoms. The van der Waals surface area contributed by atoms with Crippen molar-refractivity contribution in [2.45, 2.75) is 58.5 Å². The van der Waals surface area contributed by atoms with Crippen molar-refractivity contribution >= 4 is 17.2 Å². The molecule has 2 saturated heterocycles. The van der Waals surface area contributed by atoms with E-state index in [2.05, 4.69) is 22.1 Å². The molecule has 1 N–H and O–H groups in total. The molecule has 134 valence electrons.